The Labute approximate surface area is 178 Å². The molecule has 2 aromatic carbocycles. The van der Waals surface area contributed by atoms with Gasteiger partial charge in [0.25, 0.3) is 10.0 Å². The Morgan fingerprint density at radius 1 is 1.07 bits per heavy atom. The molecule has 0 saturated heterocycles. The Morgan fingerprint density at radius 3 is 2.28 bits per heavy atom. The van der Waals surface area contributed by atoms with E-state index in [0.29, 0.717) is 23.6 Å². The molecule has 4 nitrogen and oxygen atoms in total. The van der Waals surface area contributed by atoms with Crippen molar-refractivity contribution in [2.45, 2.75) is 49.8 Å². The van der Waals surface area contributed by atoms with Crippen molar-refractivity contribution >= 4 is 38.1 Å². The fourth-order valence-corrected chi connectivity index (χ4v) is 5.59. The molecule has 0 aliphatic heterocycles. The highest BCUT2D eigenvalue weighted by molar-refractivity contribution is 7.92. The summed E-state index contributed by atoms with van der Waals surface area (Å²) in [6.07, 6.45) is 0.816. The van der Waals surface area contributed by atoms with E-state index in [4.69, 9.17) is 11.6 Å². The lowest BCUT2D eigenvalue weighted by molar-refractivity contribution is 0.556. The highest BCUT2D eigenvalue weighted by Crippen LogP contribution is 2.31. The Hall–Kier alpha value is -1.51. The maximum Gasteiger partial charge on any atom is 0.264 e. The topological polar surface area (TPSA) is 54.5 Å². The number of halogens is 3. The number of anilines is 1. The van der Waals surface area contributed by atoms with Gasteiger partial charge in [0.05, 0.1) is 10.6 Å². The summed E-state index contributed by atoms with van der Waals surface area (Å²) in [6, 6.07) is 7.50. The molecule has 2 rings (SSSR count). The van der Waals surface area contributed by atoms with Crippen LogP contribution in [0.2, 0.25) is 5.02 Å². The second-order valence-electron chi connectivity index (χ2n) is 6.98. The first kappa shape index (κ1) is 23.8. The first-order chi connectivity index (χ1) is 13.5. The summed E-state index contributed by atoms with van der Waals surface area (Å²) in [4.78, 5) is -0.0804. The van der Waals surface area contributed by atoms with E-state index >= 15 is 0 Å². The molecule has 0 amide bonds. The van der Waals surface area contributed by atoms with Crippen LogP contribution < -0.4 is 4.31 Å². The van der Waals surface area contributed by atoms with Crippen molar-refractivity contribution in [1.29, 1.82) is 0 Å². The molecule has 9 heteroatoms. The third-order valence-corrected chi connectivity index (χ3v) is 8.35. The van der Waals surface area contributed by atoms with Crippen molar-refractivity contribution in [1.82, 2.24) is 0 Å². The first-order valence-corrected chi connectivity index (χ1v) is 12.4. The molecule has 2 aromatic rings. The molecule has 0 spiro atoms. The zero-order valence-electron chi connectivity index (χ0n) is 16.4. The second-order valence-corrected chi connectivity index (χ2v) is 11.3. The summed E-state index contributed by atoms with van der Waals surface area (Å²) < 4.78 is 67.8. The lowest BCUT2D eigenvalue weighted by Crippen LogP contribution is -2.39. The summed E-state index contributed by atoms with van der Waals surface area (Å²) >= 11 is 5.84. The largest absolute Gasteiger partial charge is 0.264 e. The smallest absolute Gasteiger partial charge is 0.260 e. The monoisotopic (exact) mass is 463 g/mol. The zero-order valence-corrected chi connectivity index (χ0v) is 18.8. The Kier molecular flexibility index (Phi) is 8.19. The van der Waals surface area contributed by atoms with Crippen molar-refractivity contribution in [2.75, 3.05) is 10.1 Å². The number of nitrogens with zero attached hydrogens (tertiary/aromatic N) is 1. The fourth-order valence-electron chi connectivity index (χ4n) is 2.85. The Balaban J connectivity index is 2.42. The van der Waals surface area contributed by atoms with Gasteiger partial charge in [-0.05, 0) is 56.2 Å². The van der Waals surface area contributed by atoms with Crippen LogP contribution in [0.3, 0.4) is 0 Å². The maximum absolute atomic E-state index is 14.5. The van der Waals surface area contributed by atoms with Crippen LogP contribution in [-0.2, 0) is 20.8 Å². The van der Waals surface area contributed by atoms with Gasteiger partial charge < -0.3 is 0 Å². The predicted octanol–water partition coefficient (Wildman–Crippen LogP) is 5.14. The lowest BCUT2D eigenvalue weighted by Gasteiger charge is -2.31. The average Bonchev–Trinajstić information content (AvgIpc) is 2.64. The normalized spacial score (nSPS) is 14.0. The van der Waals surface area contributed by atoms with Crippen LogP contribution in [0.1, 0.15) is 33.6 Å². The van der Waals surface area contributed by atoms with Crippen LogP contribution in [0.15, 0.2) is 47.4 Å². The molecular weight excluding hydrogens is 440 g/mol. The van der Waals surface area contributed by atoms with E-state index in [0.717, 1.165) is 22.5 Å². The molecule has 0 aliphatic rings. The van der Waals surface area contributed by atoms with Crippen LogP contribution in [0.4, 0.5) is 14.5 Å². The quantitative estimate of drug-likeness (QED) is 0.517. The number of benzene rings is 2. The van der Waals surface area contributed by atoms with Crippen molar-refractivity contribution in [3.8, 4) is 0 Å². The molecule has 0 aromatic heterocycles. The van der Waals surface area contributed by atoms with Gasteiger partial charge in [0.1, 0.15) is 11.6 Å². The van der Waals surface area contributed by atoms with Gasteiger partial charge in [0.15, 0.2) is 0 Å². The van der Waals surface area contributed by atoms with Crippen LogP contribution in [0.5, 0.6) is 0 Å². The number of hydrogen-bond donors (Lipinski definition) is 0. The van der Waals surface area contributed by atoms with Crippen molar-refractivity contribution in [3.63, 3.8) is 0 Å². The third-order valence-electron chi connectivity index (χ3n) is 4.41. The molecule has 0 bridgehead atoms. The molecule has 0 N–H and O–H groups in total. The Morgan fingerprint density at radius 2 is 1.69 bits per heavy atom. The van der Waals surface area contributed by atoms with Gasteiger partial charge in [-0.25, -0.2) is 17.2 Å². The molecule has 0 fully saturated rings. The van der Waals surface area contributed by atoms with E-state index in [1.165, 1.54) is 24.3 Å². The maximum atomic E-state index is 14.5. The van der Waals surface area contributed by atoms with Gasteiger partial charge in [-0.3, -0.25) is 8.51 Å². The highest BCUT2D eigenvalue weighted by Gasteiger charge is 2.31. The predicted molar refractivity (Wildman–Crippen MR) is 114 cm³/mol. The van der Waals surface area contributed by atoms with Crippen LogP contribution >= 0.6 is 11.6 Å². The number of hydrogen-bond acceptors (Lipinski definition) is 3. The van der Waals surface area contributed by atoms with E-state index in [1.54, 1.807) is 6.92 Å². The summed E-state index contributed by atoms with van der Waals surface area (Å²) in [7, 11) is -5.21. The molecule has 0 aliphatic carbocycles. The molecule has 0 radical (unpaired) electrons. The summed E-state index contributed by atoms with van der Waals surface area (Å²) in [5.74, 6) is -1.19. The summed E-state index contributed by atoms with van der Waals surface area (Å²) in [5, 5.41) is 0.358. The van der Waals surface area contributed by atoms with E-state index < -0.39 is 38.5 Å². The van der Waals surface area contributed by atoms with Gasteiger partial charge in [0.2, 0.25) is 0 Å². The third kappa shape index (κ3) is 5.99. The van der Waals surface area contributed by atoms with Crippen molar-refractivity contribution in [2.24, 2.45) is 0 Å². The van der Waals surface area contributed by atoms with Gasteiger partial charge in [-0.15, -0.1) is 0 Å². The zero-order chi connectivity index (χ0) is 21.8. The SMILES string of the molecule is CC(C)S(=O)CCC[C@@H](C)N(c1cc(F)ccc1F)S(=O)(=O)c1ccc(Cl)cc1. The molecule has 0 saturated carbocycles. The van der Waals surface area contributed by atoms with E-state index in [9.17, 15) is 21.4 Å². The number of sulfonamides is 1. The van der Waals surface area contributed by atoms with Gasteiger partial charge in [-0.2, -0.15) is 0 Å². The van der Waals surface area contributed by atoms with Crippen LogP contribution in [0, 0.1) is 11.6 Å². The summed E-state index contributed by atoms with van der Waals surface area (Å²) in [5.41, 5.74) is -0.363. The molecule has 0 heterocycles. The molecule has 160 valence electrons. The van der Waals surface area contributed by atoms with Gasteiger partial charge in [-0.1, -0.05) is 25.4 Å². The van der Waals surface area contributed by atoms with E-state index in [-0.39, 0.29) is 15.8 Å². The molecular formula is C20H24ClF2NO3S2. The first-order valence-electron chi connectivity index (χ1n) is 9.16. The minimum Gasteiger partial charge on any atom is -0.260 e. The second kappa shape index (κ2) is 10.00. The van der Waals surface area contributed by atoms with E-state index in [1.807, 2.05) is 13.8 Å². The summed E-state index contributed by atoms with van der Waals surface area (Å²) in [6.45, 7) is 5.31. The minimum absolute atomic E-state index is 0.000118. The Bertz CT molecular complexity index is 966. The van der Waals surface area contributed by atoms with Gasteiger partial charge in [0, 0.05) is 38.9 Å². The average molecular weight is 464 g/mol. The van der Waals surface area contributed by atoms with Crippen molar-refractivity contribution < 1.29 is 21.4 Å². The minimum atomic E-state index is -4.18. The fraction of sp³-hybridized carbons (Fsp3) is 0.400. The highest BCUT2D eigenvalue weighted by atomic mass is 35.5. The number of rotatable bonds is 9. The molecule has 1 unspecified atom stereocenters. The van der Waals surface area contributed by atoms with Gasteiger partial charge >= 0.3 is 0 Å². The lowest BCUT2D eigenvalue weighted by atomic mass is 10.2. The molecule has 29 heavy (non-hydrogen) atoms. The van der Waals surface area contributed by atoms with Crippen molar-refractivity contribution in [3.05, 3.63) is 59.1 Å². The van der Waals surface area contributed by atoms with Crippen LogP contribution in [0.25, 0.3) is 0 Å². The molecule has 2 atom stereocenters. The standard InChI is InChI=1S/C20H24ClF2NO3S2/c1-14(2)28(25)12-4-5-15(3)24(20-13-17(22)8-11-19(20)23)29(26,27)18-9-6-16(21)7-10-18/h6-11,13-15H,4-5,12H2,1-3H3/t15-,28?/m1/s1. The van der Waals surface area contributed by atoms with Crippen LogP contribution in [-0.4, -0.2) is 29.7 Å². The van der Waals surface area contributed by atoms with E-state index in [2.05, 4.69) is 0 Å².